The lowest BCUT2D eigenvalue weighted by Gasteiger charge is -2.13. The summed E-state index contributed by atoms with van der Waals surface area (Å²) < 4.78 is 15.2. The molecule has 1 aliphatic rings. The van der Waals surface area contributed by atoms with E-state index in [1.165, 1.54) is 13.8 Å². The first-order chi connectivity index (χ1) is 9.73. The molecule has 2 atom stereocenters. The third-order valence-corrected chi connectivity index (χ3v) is 4.17. The minimum atomic E-state index is -1.10. The molecule has 0 amide bonds. The molecule has 0 aromatic heterocycles. The van der Waals surface area contributed by atoms with E-state index in [9.17, 15) is 9.59 Å². The molecule has 5 nitrogen and oxygen atoms in total. The first-order valence-electron chi connectivity index (χ1n) is 5.60. The number of carbonyl (C=O) groups is 2. The number of benzene rings is 1. The van der Waals surface area contributed by atoms with E-state index in [1.54, 1.807) is 0 Å². The molecule has 2 unspecified atom stereocenters. The van der Waals surface area contributed by atoms with Gasteiger partial charge in [-0.2, -0.15) is 0 Å². The molecule has 0 radical (unpaired) electrons. The standard InChI is InChI=1S/C12H8Cl4O5/c1-3(17)19-11-6(13)5-7(14)12(20-4(2)18)21-10(5)8(15)9(11)16/h7,12H,1-2H3. The van der Waals surface area contributed by atoms with E-state index in [0.29, 0.717) is 0 Å². The van der Waals surface area contributed by atoms with Crippen LogP contribution in [0.2, 0.25) is 15.1 Å². The van der Waals surface area contributed by atoms with E-state index in [4.69, 9.17) is 60.6 Å². The molecule has 0 spiro atoms. The van der Waals surface area contributed by atoms with Crippen molar-refractivity contribution in [2.45, 2.75) is 25.5 Å². The highest BCUT2D eigenvalue weighted by Crippen LogP contribution is 2.55. The van der Waals surface area contributed by atoms with E-state index in [1.807, 2.05) is 0 Å². The third-order valence-electron chi connectivity index (χ3n) is 2.55. The summed E-state index contributed by atoms with van der Waals surface area (Å²) in [4.78, 5) is 22.1. The van der Waals surface area contributed by atoms with Gasteiger partial charge in [-0.3, -0.25) is 9.59 Å². The summed E-state index contributed by atoms with van der Waals surface area (Å²) >= 11 is 24.4. The van der Waals surface area contributed by atoms with Crippen molar-refractivity contribution >= 4 is 58.3 Å². The van der Waals surface area contributed by atoms with Crippen LogP contribution in [-0.2, 0) is 14.3 Å². The molecule has 9 heteroatoms. The van der Waals surface area contributed by atoms with Crippen molar-refractivity contribution in [2.24, 2.45) is 0 Å². The molecule has 0 fully saturated rings. The van der Waals surface area contributed by atoms with Gasteiger partial charge in [0, 0.05) is 19.4 Å². The van der Waals surface area contributed by atoms with Gasteiger partial charge in [0.2, 0.25) is 0 Å². The molecular formula is C12H8Cl4O5. The Balaban J connectivity index is 2.53. The average Bonchev–Trinajstić information content (AvgIpc) is 2.69. The Morgan fingerprint density at radius 3 is 2.19 bits per heavy atom. The fraction of sp³-hybridized carbons (Fsp3) is 0.333. The molecule has 21 heavy (non-hydrogen) atoms. The molecule has 0 bridgehead atoms. The quantitative estimate of drug-likeness (QED) is 0.337. The molecule has 1 heterocycles. The molecule has 0 saturated heterocycles. The summed E-state index contributed by atoms with van der Waals surface area (Å²) in [6.45, 7) is 2.39. The maximum absolute atomic E-state index is 11.1. The van der Waals surface area contributed by atoms with Crippen molar-refractivity contribution in [3.05, 3.63) is 20.6 Å². The molecule has 2 rings (SSSR count). The fourth-order valence-electron chi connectivity index (χ4n) is 1.79. The summed E-state index contributed by atoms with van der Waals surface area (Å²) in [5.41, 5.74) is 0.246. The number of rotatable bonds is 2. The molecule has 1 aromatic rings. The van der Waals surface area contributed by atoms with E-state index in [2.05, 4.69) is 0 Å². The van der Waals surface area contributed by atoms with Gasteiger partial charge in [-0.25, -0.2) is 0 Å². The molecule has 0 N–H and O–H groups in total. The highest BCUT2D eigenvalue weighted by molar-refractivity contribution is 6.46. The predicted molar refractivity (Wildman–Crippen MR) is 77.6 cm³/mol. The summed E-state index contributed by atoms with van der Waals surface area (Å²) in [6.07, 6.45) is -1.10. The number of halogens is 4. The summed E-state index contributed by atoms with van der Waals surface area (Å²) in [5, 5.41) is -1.07. The van der Waals surface area contributed by atoms with E-state index in [0.717, 1.165) is 0 Å². The van der Waals surface area contributed by atoms with Gasteiger partial charge in [0.1, 0.15) is 15.4 Å². The number of hydrogen-bond donors (Lipinski definition) is 0. The molecule has 0 aliphatic carbocycles. The lowest BCUT2D eigenvalue weighted by Crippen LogP contribution is -2.22. The van der Waals surface area contributed by atoms with Crippen LogP contribution in [0.3, 0.4) is 0 Å². The second-order valence-corrected chi connectivity index (χ2v) is 5.71. The monoisotopic (exact) mass is 372 g/mol. The zero-order valence-electron chi connectivity index (χ0n) is 10.7. The molecule has 1 aliphatic heterocycles. The number of alkyl halides is 1. The van der Waals surface area contributed by atoms with Crippen LogP contribution in [0, 0.1) is 0 Å². The second kappa shape index (κ2) is 6.08. The largest absolute Gasteiger partial charge is 0.451 e. The molecule has 1 aromatic carbocycles. The minimum absolute atomic E-state index is 0.0238. The normalized spacial score (nSPS) is 19.7. The Labute approximate surface area is 139 Å². The molecule has 114 valence electrons. The van der Waals surface area contributed by atoms with Crippen LogP contribution in [0.4, 0.5) is 0 Å². The van der Waals surface area contributed by atoms with Gasteiger partial charge in [0.05, 0.1) is 5.02 Å². The van der Waals surface area contributed by atoms with E-state index >= 15 is 0 Å². The highest BCUT2D eigenvalue weighted by Gasteiger charge is 2.41. The third kappa shape index (κ3) is 3.01. The van der Waals surface area contributed by atoms with E-state index in [-0.39, 0.29) is 32.1 Å². The fourth-order valence-corrected chi connectivity index (χ4v) is 2.99. The van der Waals surface area contributed by atoms with Crippen molar-refractivity contribution in [1.82, 2.24) is 0 Å². The first-order valence-corrected chi connectivity index (χ1v) is 7.17. The number of fused-ring (bicyclic) bond motifs is 1. The number of hydrogen-bond acceptors (Lipinski definition) is 5. The molecule has 0 saturated carbocycles. The van der Waals surface area contributed by atoms with Crippen molar-refractivity contribution in [1.29, 1.82) is 0 Å². The van der Waals surface area contributed by atoms with Crippen LogP contribution in [0.25, 0.3) is 0 Å². The van der Waals surface area contributed by atoms with Gasteiger partial charge in [0.15, 0.2) is 11.5 Å². The van der Waals surface area contributed by atoms with E-state index < -0.39 is 23.6 Å². The van der Waals surface area contributed by atoms with Crippen molar-refractivity contribution in [3.63, 3.8) is 0 Å². The number of carbonyl (C=O) groups excluding carboxylic acids is 2. The van der Waals surface area contributed by atoms with Gasteiger partial charge >= 0.3 is 11.9 Å². The van der Waals surface area contributed by atoms with Crippen molar-refractivity contribution in [3.8, 4) is 11.5 Å². The Morgan fingerprint density at radius 2 is 1.67 bits per heavy atom. The zero-order chi connectivity index (χ0) is 15.9. The summed E-state index contributed by atoms with van der Waals surface area (Å²) in [5.74, 6) is -1.24. The van der Waals surface area contributed by atoms with Crippen LogP contribution >= 0.6 is 46.4 Å². The topological polar surface area (TPSA) is 61.8 Å². The van der Waals surface area contributed by atoms with Crippen LogP contribution < -0.4 is 9.47 Å². The van der Waals surface area contributed by atoms with Gasteiger partial charge in [-0.15, -0.1) is 11.6 Å². The summed E-state index contributed by atoms with van der Waals surface area (Å²) in [7, 11) is 0. The van der Waals surface area contributed by atoms with Crippen LogP contribution in [0.15, 0.2) is 0 Å². The van der Waals surface area contributed by atoms with Gasteiger partial charge in [0.25, 0.3) is 6.29 Å². The average molecular weight is 374 g/mol. The molecular weight excluding hydrogens is 366 g/mol. The van der Waals surface area contributed by atoms with Crippen molar-refractivity contribution in [2.75, 3.05) is 0 Å². The van der Waals surface area contributed by atoms with Gasteiger partial charge in [-0.1, -0.05) is 34.8 Å². The minimum Gasteiger partial charge on any atom is -0.451 e. The smallest absolute Gasteiger partial charge is 0.308 e. The SMILES string of the molecule is CC(=O)Oc1c(Cl)c(Cl)c2c(c1Cl)C(Cl)C(OC(C)=O)O2. The lowest BCUT2D eigenvalue weighted by molar-refractivity contribution is -0.159. The second-order valence-electron chi connectivity index (χ2n) is 4.10. The zero-order valence-corrected chi connectivity index (χ0v) is 13.7. The Morgan fingerprint density at radius 1 is 1.05 bits per heavy atom. The highest BCUT2D eigenvalue weighted by atomic mass is 35.5. The lowest BCUT2D eigenvalue weighted by atomic mass is 10.1. The number of esters is 2. The first kappa shape index (κ1) is 16.5. The predicted octanol–water partition coefficient (Wildman–Crippen LogP) is 4.13. The maximum atomic E-state index is 11.1. The maximum Gasteiger partial charge on any atom is 0.308 e. The van der Waals surface area contributed by atoms with Crippen LogP contribution in [-0.4, -0.2) is 18.2 Å². The number of ether oxygens (including phenoxy) is 3. The summed E-state index contributed by atoms with van der Waals surface area (Å²) in [6, 6.07) is 0. The van der Waals surface area contributed by atoms with Gasteiger partial charge in [-0.05, 0) is 0 Å². The Bertz CT molecular complexity index is 631. The van der Waals surface area contributed by atoms with Crippen LogP contribution in [0.5, 0.6) is 11.5 Å². The van der Waals surface area contributed by atoms with Gasteiger partial charge < -0.3 is 14.2 Å². The van der Waals surface area contributed by atoms with Crippen LogP contribution in [0.1, 0.15) is 24.8 Å². The Kier molecular flexibility index (Phi) is 4.78. The Hall–Kier alpha value is -0.880. The van der Waals surface area contributed by atoms with Crippen molar-refractivity contribution < 1.29 is 23.8 Å².